The van der Waals surface area contributed by atoms with Crippen LogP contribution in [-0.4, -0.2) is 0 Å². The van der Waals surface area contributed by atoms with Gasteiger partial charge in [0.25, 0.3) is 0 Å². The van der Waals surface area contributed by atoms with E-state index in [1.807, 2.05) is 18.2 Å². The van der Waals surface area contributed by atoms with Crippen LogP contribution < -0.4 is 4.90 Å². The Kier molecular flexibility index (Phi) is 5.53. The molecule has 2 aliphatic rings. The average molecular weight is 530 g/mol. The van der Waals surface area contributed by atoms with Gasteiger partial charge in [0.2, 0.25) is 0 Å². The second-order valence-electron chi connectivity index (χ2n) is 12.3. The highest BCUT2D eigenvalue weighted by Crippen LogP contribution is 2.58. The Morgan fingerprint density at radius 1 is 0.610 bits per heavy atom. The topological polar surface area (TPSA) is 3.24 Å². The van der Waals surface area contributed by atoms with E-state index in [1.165, 1.54) is 55.3 Å². The molecule has 0 aliphatic heterocycles. The smallest absolute Gasteiger partial charge is 0.0543 e. The van der Waals surface area contributed by atoms with Crippen molar-refractivity contribution >= 4 is 22.1 Å². The molecular weight excluding hydrogens is 494 g/mol. The molecule has 1 heteroatoms. The fourth-order valence-corrected chi connectivity index (χ4v) is 7.30. The number of anilines is 2. The number of rotatable bonds is 5. The summed E-state index contributed by atoms with van der Waals surface area (Å²) in [7, 11) is 0. The van der Waals surface area contributed by atoms with Crippen LogP contribution in [0.15, 0.2) is 134 Å². The first-order chi connectivity index (χ1) is 19.8. The van der Waals surface area contributed by atoms with Crippen molar-refractivity contribution in [2.24, 2.45) is 0 Å². The summed E-state index contributed by atoms with van der Waals surface area (Å²) < 4.78 is 0. The third kappa shape index (κ3) is 3.48. The maximum atomic E-state index is 4.17. The zero-order chi connectivity index (χ0) is 28.5. The van der Waals surface area contributed by atoms with Gasteiger partial charge >= 0.3 is 0 Å². The minimum absolute atomic E-state index is 0.0396. The van der Waals surface area contributed by atoms with Crippen LogP contribution in [0, 0.1) is 0 Å². The normalized spacial score (nSPS) is 15.6. The highest BCUT2D eigenvalue weighted by Gasteiger charge is 2.42. The van der Waals surface area contributed by atoms with E-state index in [1.54, 1.807) is 0 Å². The van der Waals surface area contributed by atoms with Gasteiger partial charge in [-0.15, -0.1) is 0 Å². The second-order valence-corrected chi connectivity index (χ2v) is 12.3. The van der Waals surface area contributed by atoms with Crippen molar-refractivity contribution in [2.75, 3.05) is 4.90 Å². The molecule has 0 N–H and O–H groups in total. The SMILES string of the molecule is C=C/C=C(\C=C)N(c1ccccc1)c1cc2c(c3ccccc13)-c1cc3c(cc1C2(C)C)-c1ccccc1C3(C)C. The number of allylic oxidation sites excluding steroid dienone is 3. The number of hydrogen-bond donors (Lipinski definition) is 0. The van der Waals surface area contributed by atoms with E-state index in [-0.39, 0.29) is 10.8 Å². The molecule has 41 heavy (non-hydrogen) atoms. The van der Waals surface area contributed by atoms with Crippen molar-refractivity contribution in [2.45, 2.75) is 38.5 Å². The predicted molar refractivity (Wildman–Crippen MR) is 176 cm³/mol. The van der Waals surface area contributed by atoms with Crippen LogP contribution in [0.2, 0.25) is 0 Å². The molecule has 0 saturated heterocycles. The molecule has 0 spiro atoms. The second kappa shape index (κ2) is 8.94. The zero-order valence-corrected chi connectivity index (χ0v) is 24.3. The first kappa shape index (κ1) is 25.4. The maximum absolute atomic E-state index is 4.17. The van der Waals surface area contributed by atoms with Gasteiger partial charge in [0.05, 0.1) is 5.69 Å². The zero-order valence-electron chi connectivity index (χ0n) is 24.3. The molecule has 0 bridgehead atoms. The Labute approximate surface area is 243 Å². The third-order valence-corrected chi connectivity index (χ3v) is 9.37. The first-order valence-corrected chi connectivity index (χ1v) is 14.4. The van der Waals surface area contributed by atoms with Crippen molar-refractivity contribution < 1.29 is 0 Å². The summed E-state index contributed by atoms with van der Waals surface area (Å²) in [6, 6.07) is 35.8. The summed E-state index contributed by atoms with van der Waals surface area (Å²) in [4.78, 5) is 2.32. The van der Waals surface area contributed by atoms with E-state index in [0.717, 1.165) is 17.1 Å². The molecule has 0 amide bonds. The van der Waals surface area contributed by atoms with Crippen molar-refractivity contribution in [1.82, 2.24) is 0 Å². The van der Waals surface area contributed by atoms with E-state index in [0.29, 0.717) is 0 Å². The molecule has 0 fully saturated rings. The maximum Gasteiger partial charge on any atom is 0.0543 e. The van der Waals surface area contributed by atoms with E-state index < -0.39 is 0 Å². The van der Waals surface area contributed by atoms with Crippen LogP contribution in [0.3, 0.4) is 0 Å². The molecule has 0 saturated carbocycles. The third-order valence-electron chi connectivity index (χ3n) is 9.37. The molecular formula is C40H35N. The van der Waals surface area contributed by atoms with Crippen molar-refractivity contribution in [3.8, 4) is 22.3 Å². The lowest BCUT2D eigenvalue weighted by molar-refractivity contribution is 0.652. The summed E-state index contributed by atoms with van der Waals surface area (Å²) in [5.74, 6) is 0. The molecule has 0 heterocycles. The number of fused-ring (bicyclic) bond motifs is 8. The van der Waals surface area contributed by atoms with Gasteiger partial charge in [0, 0.05) is 27.6 Å². The molecule has 0 aromatic heterocycles. The molecule has 200 valence electrons. The van der Waals surface area contributed by atoms with Crippen LogP contribution in [0.25, 0.3) is 33.0 Å². The number of benzene rings is 5. The lowest BCUT2D eigenvalue weighted by Gasteiger charge is -2.30. The van der Waals surface area contributed by atoms with Crippen molar-refractivity contribution in [1.29, 1.82) is 0 Å². The summed E-state index contributed by atoms with van der Waals surface area (Å²) in [5.41, 5.74) is 14.1. The standard InChI is InChI=1S/C40H35N/c1-7-16-26(8-2)41(27-17-10-9-11-18-27)37-25-36-38(30-21-13-12-20-29(30)37)32-24-34-31(23-35(32)40(36,5)6)28-19-14-15-22-33(28)39(34,3)4/h7-25H,1-2H2,3-6H3/b26-16+. The fourth-order valence-electron chi connectivity index (χ4n) is 7.30. The van der Waals surface area contributed by atoms with Crippen molar-refractivity contribution in [3.05, 3.63) is 156 Å². The number of nitrogens with zero attached hydrogens (tertiary/aromatic N) is 1. The molecule has 0 atom stereocenters. The number of para-hydroxylation sites is 1. The van der Waals surface area contributed by atoms with Crippen molar-refractivity contribution in [3.63, 3.8) is 0 Å². The molecule has 7 rings (SSSR count). The van der Waals surface area contributed by atoms with Gasteiger partial charge in [0.15, 0.2) is 0 Å². The highest BCUT2D eigenvalue weighted by atomic mass is 15.1. The Balaban J connectivity index is 1.55. The van der Waals surface area contributed by atoms with Gasteiger partial charge < -0.3 is 4.90 Å². The largest absolute Gasteiger partial charge is 0.310 e. The fraction of sp³-hybridized carbons (Fsp3) is 0.150. The van der Waals surface area contributed by atoms with Crippen LogP contribution in [-0.2, 0) is 10.8 Å². The molecule has 2 aliphatic carbocycles. The lowest BCUT2D eigenvalue weighted by atomic mass is 9.79. The molecule has 0 unspecified atom stereocenters. The monoisotopic (exact) mass is 529 g/mol. The molecule has 5 aromatic carbocycles. The molecule has 1 nitrogen and oxygen atoms in total. The average Bonchev–Trinajstić information content (AvgIpc) is 3.36. The predicted octanol–water partition coefficient (Wildman–Crippen LogP) is 10.8. The Bertz CT molecular complexity index is 1920. The Morgan fingerprint density at radius 3 is 1.95 bits per heavy atom. The van der Waals surface area contributed by atoms with Gasteiger partial charge in [-0.1, -0.05) is 114 Å². The molecule has 0 radical (unpaired) electrons. The summed E-state index contributed by atoms with van der Waals surface area (Å²) >= 11 is 0. The van der Waals surface area contributed by atoms with E-state index in [2.05, 4.69) is 143 Å². The minimum Gasteiger partial charge on any atom is -0.310 e. The van der Waals surface area contributed by atoms with Gasteiger partial charge in [-0.3, -0.25) is 0 Å². The summed E-state index contributed by atoms with van der Waals surface area (Å²) in [5, 5.41) is 2.50. The van der Waals surface area contributed by atoms with Gasteiger partial charge in [-0.25, -0.2) is 0 Å². The highest BCUT2D eigenvalue weighted by molar-refractivity contribution is 6.10. The van der Waals surface area contributed by atoms with Gasteiger partial charge in [-0.2, -0.15) is 0 Å². The van der Waals surface area contributed by atoms with Crippen LogP contribution in [0.4, 0.5) is 11.4 Å². The van der Waals surface area contributed by atoms with E-state index >= 15 is 0 Å². The Morgan fingerprint density at radius 2 is 1.22 bits per heavy atom. The summed E-state index contributed by atoms with van der Waals surface area (Å²) in [6.45, 7) is 17.7. The lowest BCUT2D eigenvalue weighted by Crippen LogP contribution is -2.19. The van der Waals surface area contributed by atoms with Gasteiger partial charge in [-0.05, 0) is 92.4 Å². The quantitative estimate of drug-likeness (QED) is 0.205. The van der Waals surface area contributed by atoms with E-state index in [9.17, 15) is 0 Å². The first-order valence-electron chi connectivity index (χ1n) is 14.4. The molecule has 5 aromatic rings. The van der Waals surface area contributed by atoms with Crippen LogP contribution in [0.1, 0.15) is 49.9 Å². The Hall–Kier alpha value is -4.62. The van der Waals surface area contributed by atoms with Gasteiger partial charge in [0.1, 0.15) is 0 Å². The van der Waals surface area contributed by atoms with Crippen LogP contribution in [0.5, 0.6) is 0 Å². The summed E-state index contributed by atoms with van der Waals surface area (Å²) in [6.07, 6.45) is 5.79. The van der Waals surface area contributed by atoms with Crippen LogP contribution >= 0.6 is 0 Å². The minimum atomic E-state index is -0.168. The van der Waals surface area contributed by atoms with E-state index in [4.69, 9.17) is 0 Å². The number of hydrogen-bond acceptors (Lipinski definition) is 1.